The monoisotopic (exact) mass is 458 g/mol. The molecule has 0 radical (unpaired) electrons. The van der Waals surface area contributed by atoms with Crippen molar-refractivity contribution in [3.8, 4) is 28.3 Å². The predicted octanol–water partition coefficient (Wildman–Crippen LogP) is 2.87. The second kappa shape index (κ2) is 9.58. The van der Waals surface area contributed by atoms with Gasteiger partial charge in [-0.2, -0.15) is 5.10 Å². The summed E-state index contributed by atoms with van der Waals surface area (Å²) < 4.78 is 13.1. The fraction of sp³-hybridized carbons (Fsp3) is 0.280. The van der Waals surface area contributed by atoms with E-state index in [1.807, 2.05) is 43.6 Å². The number of pyridine rings is 1. The summed E-state index contributed by atoms with van der Waals surface area (Å²) in [4.78, 5) is 15.8. The zero-order valence-electron chi connectivity index (χ0n) is 19.1. The molecule has 9 heteroatoms. The Kier molecular flexibility index (Phi) is 6.20. The van der Waals surface area contributed by atoms with E-state index in [2.05, 4.69) is 15.0 Å². The van der Waals surface area contributed by atoms with Gasteiger partial charge in [-0.05, 0) is 29.8 Å². The van der Waals surface area contributed by atoms with Gasteiger partial charge in [0.05, 0.1) is 26.0 Å². The number of nitrogens with zero attached hydrogens (tertiary/aromatic N) is 6. The van der Waals surface area contributed by atoms with Crippen molar-refractivity contribution in [2.45, 2.75) is 6.10 Å². The summed E-state index contributed by atoms with van der Waals surface area (Å²) in [6.45, 7) is 2.54. The van der Waals surface area contributed by atoms with Crippen molar-refractivity contribution in [2.75, 3.05) is 38.3 Å². The van der Waals surface area contributed by atoms with Gasteiger partial charge in [-0.3, -0.25) is 9.67 Å². The third-order valence-corrected chi connectivity index (χ3v) is 5.80. The highest BCUT2D eigenvalue weighted by Crippen LogP contribution is 2.38. The topological polar surface area (TPSA) is 98.4 Å². The van der Waals surface area contributed by atoms with Crippen molar-refractivity contribution in [1.29, 1.82) is 0 Å². The quantitative estimate of drug-likeness (QED) is 0.471. The lowest BCUT2D eigenvalue weighted by molar-refractivity contribution is 0.122. The van der Waals surface area contributed by atoms with Crippen LogP contribution >= 0.6 is 0 Å². The first-order valence-electron chi connectivity index (χ1n) is 11.1. The first kappa shape index (κ1) is 22.0. The maximum atomic E-state index is 11.3. The van der Waals surface area contributed by atoms with Crippen LogP contribution in [-0.4, -0.2) is 63.3 Å². The molecule has 0 bridgehead atoms. The Morgan fingerprint density at radius 1 is 1.03 bits per heavy atom. The standard InChI is InChI=1S/C25H26N6O3/c1-30-11-8-20(29-30)18-4-3-5-19(16-18)21-24(33-2)22(23(32)17-6-9-26-10-7-17)28-25(27-21)31-12-14-34-15-13-31/h3-11,16,23,32H,12-15H2,1-2H3. The summed E-state index contributed by atoms with van der Waals surface area (Å²) in [6.07, 6.45) is 4.20. The van der Waals surface area contributed by atoms with E-state index < -0.39 is 6.10 Å². The molecule has 1 aliphatic heterocycles. The van der Waals surface area contributed by atoms with Gasteiger partial charge in [-0.1, -0.05) is 18.2 Å². The number of morpholine rings is 1. The molecule has 1 N–H and O–H groups in total. The summed E-state index contributed by atoms with van der Waals surface area (Å²) >= 11 is 0. The molecule has 1 saturated heterocycles. The highest BCUT2D eigenvalue weighted by Gasteiger charge is 2.26. The van der Waals surface area contributed by atoms with Crippen molar-refractivity contribution >= 4 is 5.95 Å². The molecule has 1 aliphatic rings. The lowest BCUT2D eigenvalue weighted by Gasteiger charge is -2.28. The maximum Gasteiger partial charge on any atom is 0.226 e. The Morgan fingerprint density at radius 2 is 1.79 bits per heavy atom. The van der Waals surface area contributed by atoms with Gasteiger partial charge in [0.1, 0.15) is 17.5 Å². The minimum atomic E-state index is -1.00. The lowest BCUT2D eigenvalue weighted by atomic mass is 10.0. The summed E-state index contributed by atoms with van der Waals surface area (Å²) in [6, 6.07) is 13.5. The SMILES string of the molecule is COc1c(-c2cccc(-c3ccn(C)n3)c2)nc(N2CCOCC2)nc1C(O)c1ccncc1. The van der Waals surface area contributed by atoms with Crippen LogP contribution in [0.25, 0.3) is 22.5 Å². The number of aliphatic hydroxyl groups excluding tert-OH is 1. The Labute approximate surface area is 197 Å². The van der Waals surface area contributed by atoms with Crippen LogP contribution in [0.2, 0.25) is 0 Å². The Morgan fingerprint density at radius 3 is 2.50 bits per heavy atom. The fourth-order valence-corrected chi connectivity index (χ4v) is 4.04. The third-order valence-electron chi connectivity index (χ3n) is 5.80. The summed E-state index contributed by atoms with van der Waals surface area (Å²) in [5.41, 5.74) is 4.36. The average Bonchev–Trinajstić information content (AvgIpc) is 3.35. The minimum absolute atomic E-state index is 0.406. The van der Waals surface area contributed by atoms with Crippen molar-refractivity contribution in [1.82, 2.24) is 24.7 Å². The molecule has 0 amide bonds. The van der Waals surface area contributed by atoms with Crippen LogP contribution in [0.5, 0.6) is 5.75 Å². The third kappa shape index (κ3) is 4.35. The number of benzene rings is 1. The summed E-state index contributed by atoms with van der Waals surface area (Å²) in [7, 11) is 3.46. The highest BCUT2D eigenvalue weighted by molar-refractivity contribution is 5.74. The van der Waals surface area contributed by atoms with E-state index in [0.29, 0.717) is 55.0 Å². The van der Waals surface area contributed by atoms with Gasteiger partial charge in [-0.15, -0.1) is 0 Å². The number of aromatic nitrogens is 5. The van der Waals surface area contributed by atoms with Crippen LogP contribution < -0.4 is 9.64 Å². The van der Waals surface area contributed by atoms with Gasteiger partial charge >= 0.3 is 0 Å². The van der Waals surface area contributed by atoms with Crippen LogP contribution in [0, 0.1) is 0 Å². The molecule has 0 aliphatic carbocycles. The number of methoxy groups -OCH3 is 1. The number of hydrogen-bond acceptors (Lipinski definition) is 8. The van der Waals surface area contributed by atoms with Gasteiger partial charge in [0.2, 0.25) is 5.95 Å². The van der Waals surface area contributed by atoms with Crippen LogP contribution in [-0.2, 0) is 11.8 Å². The van der Waals surface area contributed by atoms with Gasteiger partial charge in [0.15, 0.2) is 5.75 Å². The van der Waals surface area contributed by atoms with E-state index in [1.54, 1.807) is 36.3 Å². The normalized spacial score (nSPS) is 14.7. The molecule has 0 saturated carbocycles. The molecule has 1 fully saturated rings. The molecule has 1 unspecified atom stereocenters. The van der Waals surface area contributed by atoms with Crippen LogP contribution in [0.4, 0.5) is 5.95 Å². The highest BCUT2D eigenvalue weighted by atomic mass is 16.5. The van der Waals surface area contributed by atoms with E-state index in [4.69, 9.17) is 19.4 Å². The number of rotatable bonds is 6. The minimum Gasteiger partial charge on any atom is -0.492 e. The van der Waals surface area contributed by atoms with E-state index in [0.717, 1.165) is 16.8 Å². The van der Waals surface area contributed by atoms with Crippen molar-refractivity contribution < 1.29 is 14.6 Å². The second-order valence-electron chi connectivity index (χ2n) is 8.03. The van der Waals surface area contributed by atoms with Crippen molar-refractivity contribution in [2.24, 2.45) is 7.05 Å². The molecule has 0 spiro atoms. The number of hydrogen-bond donors (Lipinski definition) is 1. The van der Waals surface area contributed by atoms with Gasteiger partial charge in [-0.25, -0.2) is 9.97 Å². The number of aliphatic hydroxyl groups is 1. The lowest BCUT2D eigenvalue weighted by Crippen LogP contribution is -2.37. The van der Waals surface area contributed by atoms with E-state index >= 15 is 0 Å². The molecule has 9 nitrogen and oxygen atoms in total. The summed E-state index contributed by atoms with van der Waals surface area (Å²) in [5, 5.41) is 15.8. The Bertz CT molecular complexity index is 1270. The average molecular weight is 459 g/mol. The van der Waals surface area contributed by atoms with Gasteiger partial charge < -0.3 is 19.5 Å². The largest absolute Gasteiger partial charge is 0.492 e. The molecule has 5 rings (SSSR count). The Hall–Kier alpha value is -3.82. The smallest absolute Gasteiger partial charge is 0.226 e. The van der Waals surface area contributed by atoms with Crippen molar-refractivity contribution in [3.63, 3.8) is 0 Å². The molecule has 1 atom stereocenters. The van der Waals surface area contributed by atoms with E-state index in [9.17, 15) is 5.11 Å². The zero-order valence-corrected chi connectivity index (χ0v) is 19.1. The molecule has 4 aromatic rings. The Balaban J connectivity index is 1.66. The molecule has 1 aromatic carbocycles. The first-order valence-corrected chi connectivity index (χ1v) is 11.1. The first-order chi connectivity index (χ1) is 16.6. The van der Waals surface area contributed by atoms with Gasteiger partial charge in [0, 0.05) is 49.9 Å². The van der Waals surface area contributed by atoms with Crippen LogP contribution in [0.15, 0.2) is 61.1 Å². The number of anilines is 1. The van der Waals surface area contributed by atoms with Crippen molar-refractivity contribution in [3.05, 3.63) is 72.3 Å². The van der Waals surface area contributed by atoms with E-state index in [1.165, 1.54) is 0 Å². The molecule has 34 heavy (non-hydrogen) atoms. The fourth-order valence-electron chi connectivity index (χ4n) is 4.04. The molecule has 4 heterocycles. The van der Waals surface area contributed by atoms with Gasteiger partial charge in [0.25, 0.3) is 0 Å². The maximum absolute atomic E-state index is 11.3. The molecular formula is C25H26N6O3. The second-order valence-corrected chi connectivity index (χ2v) is 8.03. The molecule has 174 valence electrons. The zero-order chi connectivity index (χ0) is 23.5. The summed E-state index contributed by atoms with van der Waals surface area (Å²) in [5.74, 6) is 0.963. The number of ether oxygens (including phenoxy) is 2. The predicted molar refractivity (Wildman–Crippen MR) is 128 cm³/mol. The molecule has 3 aromatic heterocycles. The van der Waals surface area contributed by atoms with E-state index in [-0.39, 0.29) is 0 Å². The van der Waals surface area contributed by atoms with Crippen LogP contribution in [0.1, 0.15) is 17.4 Å². The molecular weight excluding hydrogens is 432 g/mol. The van der Waals surface area contributed by atoms with Crippen LogP contribution in [0.3, 0.4) is 0 Å². The number of aryl methyl sites for hydroxylation is 1.